The molecule has 30 heavy (non-hydrogen) atoms. The van der Waals surface area contributed by atoms with Crippen molar-refractivity contribution in [2.45, 2.75) is 32.4 Å². The number of ether oxygens (including phenoxy) is 1. The molecule has 4 aromatic rings. The molecule has 152 valence electrons. The number of nitrogens with zero attached hydrogens (tertiary/aromatic N) is 4. The Morgan fingerprint density at radius 1 is 1.07 bits per heavy atom. The van der Waals surface area contributed by atoms with Crippen LogP contribution in [0.2, 0.25) is 0 Å². The zero-order valence-electron chi connectivity index (χ0n) is 16.9. The largest absolute Gasteiger partial charge is 0.497 e. The molecule has 0 N–H and O–H groups in total. The Morgan fingerprint density at radius 3 is 2.47 bits per heavy atom. The van der Waals surface area contributed by atoms with Crippen LogP contribution in [0.15, 0.2) is 64.4 Å². The average molecular weight is 402 g/mol. The van der Waals surface area contributed by atoms with E-state index >= 15 is 0 Å². The molecule has 0 unspecified atom stereocenters. The Balaban J connectivity index is 1.74. The molecule has 1 saturated carbocycles. The van der Waals surface area contributed by atoms with Gasteiger partial charge >= 0.3 is 5.69 Å². The molecule has 0 amide bonds. The molecule has 0 bridgehead atoms. The van der Waals surface area contributed by atoms with Gasteiger partial charge in [0.1, 0.15) is 5.75 Å². The minimum absolute atomic E-state index is 0.0333. The van der Waals surface area contributed by atoms with E-state index in [0.29, 0.717) is 17.7 Å². The third-order valence-electron chi connectivity index (χ3n) is 5.63. The van der Waals surface area contributed by atoms with Crippen molar-refractivity contribution < 1.29 is 4.74 Å². The minimum Gasteiger partial charge on any atom is -0.497 e. The standard InChI is InChI=1S/C23H22N4O3/c1-15-5-3-4-6-19(15)27-21-20(22(28)26(23(27)29)17-9-10-17)25(14-24-21)13-16-7-11-18(30-2)12-8-16/h3-8,11-12,14,17H,9-10,13H2,1-2H3. The van der Waals surface area contributed by atoms with Crippen molar-refractivity contribution in [1.82, 2.24) is 18.7 Å². The van der Waals surface area contributed by atoms with Gasteiger partial charge in [0.2, 0.25) is 0 Å². The molecule has 2 heterocycles. The number of para-hydroxylation sites is 1. The van der Waals surface area contributed by atoms with Gasteiger partial charge in [0.25, 0.3) is 5.56 Å². The molecule has 2 aromatic carbocycles. The number of fused-ring (bicyclic) bond motifs is 1. The first-order chi connectivity index (χ1) is 14.6. The average Bonchev–Trinajstić information content (AvgIpc) is 3.50. The lowest BCUT2D eigenvalue weighted by Crippen LogP contribution is -2.39. The van der Waals surface area contributed by atoms with Crippen molar-refractivity contribution >= 4 is 11.2 Å². The fourth-order valence-corrected chi connectivity index (χ4v) is 3.89. The van der Waals surface area contributed by atoms with Crippen molar-refractivity contribution in [3.05, 3.63) is 86.8 Å². The van der Waals surface area contributed by atoms with Gasteiger partial charge in [0, 0.05) is 12.6 Å². The van der Waals surface area contributed by atoms with Crippen LogP contribution in [0, 0.1) is 6.92 Å². The summed E-state index contributed by atoms with van der Waals surface area (Å²) in [5.41, 5.74) is 2.96. The molecule has 1 fully saturated rings. The molecule has 0 atom stereocenters. The van der Waals surface area contributed by atoms with Crippen LogP contribution in [0.1, 0.15) is 30.0 Å². The molecule has 0 aliphatic heterocycles. The number of aromatic nitrogens is 4. The van der Waals surface area contributed by atoms with E-state index in [-0.39, 0.29) is 17.3 Å². The number of rotatable bonds is 5. The maximum absolute atomic E-state index is 13.3. The summed E-state index contributed by atoms with van der Waals surface area (Å²) in [7, 11) is 1.63. The van der Waals surface area contributed by atoms with Gasteiger partial charge in [-0.2, -0.15) is 0 Å². The molecule has 5 rings (SSSR count). The quantitative estimate of drug-likeness (QED) is 0.514. The predicted molar refractivity (Wildman–Crippen MR) is 115 cm³/mol. The van der Waals surface area contributed by atoms with Crippen LogP contribution >= 0.6 is 0 Å². The molecule has 0 saturated heterocycles. The zero-order chi connectivity index (χ0) is 20.8. The number of hydrogen-bond acceptors (Lipinski definition) is 4. The van der Waals surface area contributed by atoms with Crippen LogP contribution in [0.3, 0.4) is 0 Å². The molecule has 1 aliphatic rings. The van der Waals surface area contributed by atoms with Crippen molar-refractivity contribution in [1.29, 1.82) is 0 Å². The second-order valence-electron chi connectivity index (χ2n) is 7.70. The summed E-state index contributed by atoms with van der Waals surface area (Å²) in [5, 5.41) is 0. The summed E-state index contributed by atoms with van der Waals surface area (Å²) < 4.78 is 10.0. The van der Waals surface area contributed by atoms with Crippen LogP contribution in [0.5, 0.6) is 5.75 Å². The van der Waals surface area contributed by atoms with E-state index in [1.165, 1.54) is 4.57 Å². The SMILES string of the molecule is COc1ccc(Cn2cnc3c2c(=O)n(C2CC2)c(=O)n3-c2ccccc2C)cc1. The summed E-state index contributed by atoms with van der Waals surface area (Å²) in [5.74, 6) is 0.777. The number of aryl methyl sites for hydroxylation is 1. The zero-order valence-corrected chi connectivity index (χ0v) is 16.9. The first kappa shape index (κ1) is 18.4. The molecule has 1 aliphatic carbocycles. The summed E-state index contributed by atoms with van der Waals surface area (Å²) >= 11 is 0. The van der Waals surface area contributed by atoms with Crippen molar-refractivity contribution in [3.8, 4) is 11.4 Å². The summed E-state index contributed by atoms with van der Waals surface area (Å²) in [6.45, 7) is 2.43. The van der Waals surface area contributed by atoms with Gasteiger partial charge in [-0.3, -0.25) is 9.36 Å². The molecule has 2 aromatic heterocycles. The van der Waals surface area contributed by atoms with E-state index in [9.17, 15) is 9.59 Å². The molecule has 7 heteroatoms. The van der Waals surface area contributed by atoms with E-state index in [2.05, 4.69) is 4.98 Å². The van der Waals surface area contributed by atoms with E-state index < -0.39 is 0 Å². The fourth-order valence-electron chi connectivity index (χ4n) is 3.89. The van der Waals surface area contributed by atoms with Crippen LogP contribution in [0.4, 0.5) is 0 Å². The Bertz CT molecular complexity index is 1360. The number of hydrogen-bond donors (Lipinski definition) is 0. The van der Waals surface area contributed by atoms with Crippen molar-refractivity contribution in [2.75, 3.05) is 7.11 Å². The topological polar surface area (TPSA) is 71.1 Å². The predicted octanol–water partition coefficient (Wildman–Crippen LogP) is 3.05. The van der Waals surface area contributed by atoms with E-state index in [1.54, 1.807) is 18.0 Å². The minimum atomic E-state index is -0.320. The lowest BCUT2D eigenvalue weighted by Gasteiger charge is -2.14. The maximum atomic E-state index is 13.3. The molecular weight excluding hydrogens is 380 g/mol. The highest BCUT2D eigenvalue weighted by atomic mass is 16.5. The first-order valence-corrected chi connectivity index (χ1v) is 10.00. The Kier molecular flexibility index (Phi) is 4.31. The van der Waals surface area contributed by atoms with Crippen LogP contribution in [-0.4, -0.2) is 25.8 Å². The van der Waals surface area contributed by atoms with Gasteiger partial charge in [0.05, 0.1) is 19.1 Å². The van der Waals surface area contributed by atoms with Crippen LogP contribution in [0.25, 0.3) is 16.9 Å². The highest BCUT2D eigenvalue weighted by molar-refractivity contribution is 5.73. The smallest absolute Gasteiger partial charge is 0.337 e. The maximum Gasteiger partial charge on any atom is 0.337 e. The van der Waals surface area contributed by atoms with Gasteiger partial charge in [0.15, 0.2) is 11.2 Å². The van der Waals surface area contributed by atoms with Gasteiger partial charge < -0.3 is 9.30 Å². The summed E-state index contributed by atoms with van der Waals surface area (Å²) in [6.07, 6.45) is 3.34. The lowest BCUT2D eigenvalue weighted by molar-refractivity contribution is 0.414. The van der Waals surface area contributed by atoms with Gasteiger partial charge in [-0.05, 0) is 49.1 Å². The summed E-state index contributed by atoms with van der Waals surface area (Å²) in [4.78, 5) is 31.2. The number of imidazole rings is 1. The van der Waals surface area contributed by atoms with Gasteiger partial charge in [-0.25, -0.2) is 14.3 Å². The summed E-state index contributed by atoms with van der Waals surface area (Å²) in [6, 6.07) is 15.3. The van der Waals surface area contributed by atoms with Gasteiger partial charge in [-0.15, -0.1) is 0 Å². The Labute approximate surface area is 172 Å². The van der Waals surface area contributed by atoms with E-state index in [1.807, 2.05) is 60.0 Å². The monoisotopic (exact) mass is 402 g/mol. The normalized spacial score (nSPS) is 13.7. The first-order valence-electron chi connectivity index (χ1n) is 10.00. The van der Waals surface area contributed by atoms with Crippen LogP contribution < -0.4 is 16.0 Å². The molecule has 7 nitrogen and oxygen atoms in total. The fraction of sp³-hybridized carbons (Fsp3) is 0.261. The lowest BCUT2D eigenvalue weighted by atomic mass is 10.2. The third-order valence-corrected chi connectivity index (χ3v) is 5.63. The second-order valence-corrected chi connectivity index (χ2v) is 7.70. The molecule has 0 spiro atoms. The Hall–Kier alpha value is -3.61. The number of benzene rings is 2. The highest BCUT2D eigenvalue weighted by Crippen LogP contribution is 2.32. The molecule has 0 radical (unpaired) electrons. The number of methoxy groups -OCH3 is 1. The van der Waals surface area contributed by atoms with Crippen molar-refractivity contribution in [2.24, 2.45) is 0 Å². The van der Waals surface area contributed by atoms with E-state index in [4.69, 9.17) is 4.74 Å². The van der Waals surface area contributed by atoms with Crippen molar-refractivity contribution in [3.63, 3.8) is 0 Å². The second kappa shape index (κ2) is 7.02. The van der Waals surface area contributed by atoms with E-state index in [0.717, 1.165) is 35.4 Å². The van der Waals surface area contributed by atoms with Gasteiger partial charge in [-0.1, -0.05) is 30.3 Å². The van der Waals surface area contributed by atoms with Crippen LogP contribution in [-0.2, 0) is 6.54 Å². The highest BCUT2D eigenvalue weighted by Gasteiger charge is 2.30. The third kappa shape index (κ3) is 2.94. The molecular formula is C23H22N4O3. The Morgan fingerprint density at radius 2 is 1.80 bits per heavy atom.